The van der Waals surface area contributed by atoms with E-state index >= 15 is 0 Å². The van der Waals surface area contributed by atoms with Crippen LogP contribution in [-0.4, -0.2) is 30.2 Å². The van der Waals surface area contributed by atoms with Gasteiger partial charge in [-0.1, -0.05) is 55.2 Å². The molecular weight excluding hydrogens is 805 g/mol. The van der Waals surface area contributed by atoms with Crippen LogP contribution in [0.2, 0.25) is 10.0 Å². The molecule has 0 aromatic heterocycles. The van der Waals surface area contributed by atoms with Gasteiger partial charge >= 0.3 is 0 Å². The monoisotopic (exact) mass is 832 g/mol. The highest BCUT2D eigenvalue weighted by atomic mass is 127. The Bertz CT molecular complexity index is 1510. The molecule has 8 nitrogen and oxygen atoms in total. The quantitative estimate of drug-likeness (QED) is 0.115. The predicted molar refractivity (Wildman–Crippen MR) is 181 cm³/mol. The standard InChI is InChI=1S/C30H28Cl2I2N4O4/c1-17(2)10-26(37-29(39)18(3)42-27-9-8-22(31)12-24(27)32)30(40)38-36-15-21-11-23(33)13-25(34)28(21)41-16-20-7-5-4-6-19(20)14-35/h4-9,11-13,15,17-18,26H,10,16H2,1-3H3,(H,37,39)(H,38,40)/b36-15-/t18-,26-/m1/s1. The fourth-order valence-corrected chi connectivity index (χ4v) is 6.28. The van der Waals surface area contributed by atoms with Gasteiger partial charge in [-0.2, -0.15) is 10.4 Å². The third-order valence-electron chi connectivity index (χ3n) is 5.83. The molecule has 2 atom stereocenters. The normalized spacial score (nSPS) is 12.5. The Morgan fingerprint density at radius 3 is 2.50 bits per heavy atom. The number of ether oxygens (including phenoxy) is 2. The zero-order valence-electron chi connectivity index (χ0n) is 23.0. The largest absolute Gasteiger partial charge is 0.487 e. The number of hydrazone groups is 1. The molecule has 0 radical (unpaired) electrons. The number of nitriles is 1. The molecule has 2 amide bonds. The van der Waals surface area contributed by atoms with Crippen molar-refractivity contribution in [2.75, 3.05) is 0 Å². The minimum absolute atomic E-state index is 0.112. The van der Waals surface area contributed by atoms with Gasteiger partial charge in [-0.25, -0.2) is 5.43 Å². The number of rotatable bonds is 12. The molecule has 220 valence electrons. The predicted octanol–water partition coefficient (Wildman–Crippen LogP) is 7.10. The zero-order chi connectivity index (χ0) is 30.8. The van der Waals surface area contributed by atoms with Crippen LogP contribution in [0.25, 0.3) is 0 Å². The highest BCUT2D eigenvalue weighted by Gasteiger charge is 2.25. The number of nitrogens with one attached hydrogen (secondary N) is 2. The Morgan fingerprint density at radius 1 is 1.07 bits per heavy atom. The van der Waals surface area contributed by atoms with Gasteiger partial charge in [-0.15, -0.1) is 0 Å². The van der Waals surface area contributed by atoms with Crippen LogP contribution < -0.4 is 20.2 Å². The Balaban J connectivity index is 1.70. The molecule has 0 unspecified atom stereocenters. The molecule has 0 spiro atoms. The van der Waals surface area contributed by atoms with Crippen LogP contribution in [-0.2, 0) is 16.2 Å². The van der Waals surface area contributed by atoms with Crippen LogP contribution in [0.4, 0.5) is 0 Å². The number of amides is 2. The summed E-state index contributed by atoms with van der Waals surface area (Å²) in [6.07, 6.45) is 0.958. The first-order valence-electron chi connectivity index (χ1n) is 12.8. The number of halogens is 4. The van der Waals surface area contributed by atoms with Crippen molar-refractivity contribution >= 4 is 86.4 Å². The van der Waals surface area contributed by atoms with Crippen molar-refractivity contribution in [3.05, 3.63) is 88.5 Å². The summed E-state index contributed by atoms with van der Waals surface area (Å²) in [7, 11) is 0. The van der Waals surface area contributed by atoms with Gasteiger partial charge in [-0.3, -0.25) is 9.59 Å². The highest BCUT2D eigenvalue weighted by Crippen LogP contribution is 2.29. The molecule has 42 heavy (non-hydrogen) atoms. The number of carbonyl (C=O) groups is 2. The molecule has 0 aliphatic rings. The van der Waals surface area contributed by atoms with Crippen LogP contribution in [0.3, 0.4) is 0 Å². The summed E-state index contributed by atoms with van der Waals surface area (Å²) in [4.78, 5) is 26.0. The summed E-state index contributed by atoms with van der Waals surface area (Å²) in [6, 6.07) is 17.1. The summed E-state index contributed by atoms with van der Waals surface area (Å²) in [5.74, 6) is 0.0302. The first-order chi connectivity index (χ1) is 20.0. The average molecular weight is 833 g/mol. The number of nitrogens with zero attached hydrogens (tertiary/aromatic N) is 2. The van der Waals surface area contributed by atoms with E-state index in [0.29, 0.717) is 34.1 Å². The third kappa shape index (κ3) is 10.00. The van der Waals surface area contributed by atoms with Crippen LogP contribution in [0.15, 0.2) is 59.7 Å². The number of benzene rings is 3. The second-order valence-electron chi connectivity index (χ2n) is 9.62. The molecular formula is C30H28Cl2I2N4O4. The van der Waals surface area contributed by atoms with Gasteiger partial charge in [0.05, 0.1) is 26.4 Å². The van der Waals surface area contributed by atoms with E-state index in [0.717, 1.165) is 12.7 Å². The third-order valence-corrected chi connectivity index (χ3v) is 7.79. The lowest BCUT2D eigenvalue weighted by Crippen LogP contribution is -2.49. The summed E-state index contributed by atoms with van der Waals surface area (Å²) in [5, 5.41) is 17.0. The van der Waals surface area contributed by atoms with Crippen molar-refractivity contribution in [1.82, 2.24) is 10.7 Å². The van der Waals surface area contributed by atoms with E-state index in [1.54, 1.807) is 31.2 Å². The minimum Gasteiger partial charge on any atom is -0.487 e. The van der Waals surface area contributed by atoms with Crippen LogP contribution in [0.1, 0.15) is 43.9 Å². The van der Waals surface area contributed by atoms with Gasteiger partial charge < -0.3 is 14.8 Å². The first kappa shape index (κ1) is 33.9. The fraction of sp³-hybridized carbons (Fsp3) is 0.267. The van der Waals surface area contributed by atoms with Crippen molar-refractivity contribution < 1.29 is 19.1 Å². The summed E-state index contributed by atoms with van der Waals surface area (Å²) in [5.41, 5.74) is 4.48. The van der Waals surface area contributed by atoms with E-state index < -0.39 is 24.0 Å². The molecule has 3 aromatic rings. The SMILES string of the molecule is CC(C)C[C@@H](NC(=O)[C@@H](C)Oc1ccc(Cl)cc1Cl)C(=O)N/N=C\c1cc(I)cc(I)c1OCc1ccccc1C#N. The maximum Gasteiger partial charge on any atom is 0.262 e. The van der Waals surface area contributed by atoms with Gasteiger partial charge in [0.1, 0.15) is 24.1 Å². The number of hydrogen-bond donors (Lipinski definition) is 2. The zero-order valence-corrected chi connectivity index (χ0v) is 28.8. The van der Waals surface area contributed by atoms with Crippen LogP contribution in [0, 0.1) is 24.4 Å². The Morgan fingerprint density at radius 2 is 1.81 bits per heavy atom. The molecule has 0 aliphatic heterocycles. The molecule has 0 fully saturated rings. The molecule has 0 bridgehead atoms. The van der Waals surface area contributed by atoms with Gasteiger partial charge in [0.15, 0.2) is 6.10 Å². The van der Waals surface area contributed by atoms with Gasteiger partial charge in [0, 0.05) is 19.7 Å². The van der Waals surface area contributed by atoms with Crippen LogP contribution in [0.5, 0.6) is 11.5 Å². The lowest BCUT2D eigenvalue weighted by atomic mass is 10.0. The average Bonchev–Trinajstić information content (AvgIpc) is 2.93. The Hall–Kier alpha value is -2.60. The van der Waals surface area contributed by atoms with Gasteiger partial charge in [0.2, 0.25) is 0 Å². The molecule has 0 saturated heterocycles. The van der Waals surface area contributed by atoms with Gasteiger partial charge in [-0.05, 0) is 101 Å². The van der Waals surface area contributed by atoms with Gasteiger partial charge in [0.25, 0.3) is 11.8 Å². The van der Waals surface area contributed by atoms with Crippen molar-refractivity contribution in [3.8, 4) is 17.6 Å². The lowest BCUT2D eigenvalue weighted by molar-refractivity contribution is -0.132. The maximum absolute atomic E-state index is 13.1. The molecule has 0 aliphatic carbocycles. The maximum atomic E-state index is 13.1. The topological polar surface area (TPSA) is 113 Å². The van der Waals surface area contributed by atoms with Crippen molar-refractivity contribution in [1.29, 1.82) is 5.26 Å². The summed E-state index contributed by atoms with van der Waals surface area (Å²) < 4.78 is 13.6. The molecule has 2 N–H and O–H groups in total. The Labute approximate surface area is 282 Å². The van der Waals surface area contributed by atoms with Crippen molar-refractivity contribution in [2.24, 2.45) is 11.0 Å². The van der Waals surface area contributed by atoms with E-state index in [2.05, 4.69) is 67.1 Å². The van der Waals surface area contributed by atoms with E-state index in [1.165, 1.54) is 12.3 Å². The highest BCUT2D eigenvalue weighted by molar-refractivity contribution is 14.1. The lowest BCUT2D eigenvalue weighted by Gasteiger charge is -2.22. The fourth-order valence-electron chi connectivity index (χ4n) is 3.78. The van der Waals surface area contributed by atoms with E-state index in [4.69, 9.17) is 32.7 Å². The second kappa shape index (κ2) is 16.3. The molecule has 3 aromatic carbocycles. The van der Waals surface area contributed by atoms with E-state index in [9.17, 15) is 14.9 Å². The first-order valence-corrected chi connectivity index (χ1v) is 15.7. The number of hydrogen-bond acceptors (Lipinski definition) is 6. The molecule has 0 saturated carbocycles. The summed E-state index contributed by atoms with van der Waals surface area (Å²) in [6.45, 7) is 5.66. The molecule has 12 heteroatoms. The molecule has 3 rings (SSSR count). The smallest absolute Gasteiger partial charge is 0.262 e. The second-order valence-corrected chi connectivity index (χ2v) is 12.9. The number of carbonyl (C=O) groups excluding carboxylic acids is 2. The van der Waals surface area contributed by atoms with Crippen molar-refractivity contribution in [3.63, 3.8) is 0 Å². The van der Waals surface area contributed by atoms with E-state index in [-0.39, 0.29) is 17.5 Å². The van der Waals surface area contributed by atoms with Crippen LogP contribution >= 0.6 is 68.4 Å². The summed E-state index contributed by atoms with van der Waals surface area (Å²) >= 11 is 16.5. The van der Waals surface area contributed by atoms with Crippen molar-refractivity contribution in [2.45, 2.75) is 45.9 Å². The van der Waals surface area contributed by atoms with E-state index in [1.807, 2.05) is 38.1 Å². The Kier molecular flexibility index (Phi) is 13.2. The molecule has 0 heterocycles. The minimum atomic E-state index is -0.922.